The Labute approximate surface area is 103 Å². The van der Waals surface area contributed by atoms with Gasteiger partial charge in [-0.1, -0.05) is 16.8 Å². The van der Waals surface area contributed by atoms with Crippen molar-refractivity contribution in [3.05, 3.63) is 33.2 Å². The minimum Gasteiger partial charge on any atom is -0.311 e. The van der Waals surface area contributed by atoms with E-state index in [0.29, 0.717) is 0 Å². The topological polar surface area (TPSA) is 42.7 Å². The van der Waals surface area contributed by atoms with Gasteiger partial charge in [0.25, 0.3) is 0 Å². The van der Waals surface area contributed by atoms with Crippen LogP contribution >= 0.6 is 22.9 Å². The molecule has 4 nitrogen and oxygen atoms in total. The molecule has 2 rings (SSSR count). The van der Waals surface area contributed by atoms with E-state index >= 15 is 0 Å². The number of thiophene rings is 1. The summed E-state index contributed by atoms with van der Waals surface area (Å²) in [6, 6.07) is 4.00. The van der Waals surface area contributed by atoms with Gasteiger partial charge in [0.15, 0.2) is 0 Å². The predicted molar refractivity (Wildman–Crippen MR) is 65.7 cm³/mol. The molecule has 0 unspecified atom stereocenters. The van der Waals surface area contributed by atoms with Crippen molar-refractivity contribution in [1.29, 1.82) is 0 Å². The molecule has 86 valence electrons. The van der Waals surface area contributed by atoms with Crippen LogP contribution in [-0.2, 0) is 20.0 Å². The van der Waals surface area contributed by atoms with Crippen LogP contribution in [0, 0.1) is 0 Å². The van der Waals surface area contributed by atoms with Gasteiger partial charge in [0.05, 0.1) is 10.0 Å². The number of hydrogen-bond acceptors (Lipinski definition) is 4. The predicted octanol–water partition coefficient (Wildman–Crippen LogP) is 1.86. The molecule has 0 fully saturated rings. The van der Waals surface area contributed by atoms with Gasteiger partial charge in [0.1, 0.15) is 0 Å². The normalized spacial score (nSPS) is 10.9. The highest BCUT2D eigenvalue weighted by Crippen LogP contribution is 2.21. The summed E-state index contributed by atoms with van der Waals surface area (Å²) >= 11 is 7.48. The number of rotatable bonds is 5. The zero-order valence-corrected chi connectivity index (χ0v) is 10.6. The molecule has 0 bridgehead atoms. The molecule has 0 amide bonds. The molecule has 0 spiro atoms. The van der Waals surface area contributed by atoms with Gasteiger partial charge in [-0.05, 0) is 18.6 Å². The lowest BCUT2D eigenvalue weighted by Gasteiger charge is -1.99. The Morgan fingerprint density at radius 2 is 2.38 bits per heavy atom. The van der Waals surface area contributed by atoms with Crippen molar-refractivity contribution in [3.63, 3.8) is 0 Å². The van der Waals surface area contributed by atoms with Crippen LogP contribution in [0.15, 0.2) is 18.3 Å². The third-order valence-electron chi connectivity index (χ3n) is 2.13. The quantitative estimate of drug-likeness (QED) is 0.831. The Balaban J connectivity index is 1.69. The molecule has 2 heterocycles. The molecule has 6 heteroatoms. The Bertz CT molecular complexity index is 409. The highest BCUT2D eigenvalue weighted by molar-refractivity contribution is 7.16. The van der Waals surface area contributed by atoms with Crippen LogP contribution in [-0.4, -0.2) is 21.5 Å². The summed E-state index contributed by atoms with van der Waals surface area (Å²) in [6.07, 6.45) is 2.91. The van der Waals surface area contributed by atoms with Crippen LogP contribution in [0.3, 0.4) is 0 Å². The van der Waals surface area contributed by atoms with Crippen LogP contribution in [0.25, 0.3) is 0 Å². The zero-order valence-electron chi connectivity index (χ0n) is 8.98. The monoisotopic (exact) mass is 256 g/mol. The third kappa shape index (κ3) is 3.30. The van der Waals surface area contributed by atoms with Gasteiger partial charge < -0.3 is 5.32 Å². The van der Waals surface area contributed by atoms with Crippen LogP contribution in [0.2, 0.25) is 4.34 Å². The highest BCUT2D eigenvalue weighted by Gasteiger charge is 1.99. The maximum atomic E-state index is 5.85. The van der Waals surface area contributed by atoms with Crippen molar-refractivity contribution in [2.24, 2.45) is 7.05 Å². The van der Waals surface area contributed by atoms with E-state index in [0.717, 1.165) is 29.5 Å². The summed E-state index contributed by atoms with van der Waals surface area (Å²) in [5, 5.41) is 11.2. The van der Waals surface area contributed by atoms with E-state index in [1.165, 1.54) is 4.88 Å². The van der Waals surface area contributed by atoms with E-state index in [4.69, 9.17) is 11.6 Å². The fourth-order valence-corrected chi connectivity index (χ4v) is 2.48. The van der Waals surface area contributed by atoms with E-state index in [-0.39, 0.29) is 0 Å². The average Bonchev–Trinajstić information content (AvgIpc) is 2.83. The van der Waals surface area contributed by atoms with Gasteiger partial charge in [-0.3, -0.25) is 4.68 Å². The molecule has 0 radical (unpaired) electrons. The maximum Gasteiger partial charge on any atom is 0.0964 e. The summed E-state index contributed by atoms with van der Waals surface area (Å²) < 4.78 is 2.56. The van der Waals surface area contributed by atoms with Crippen LogP contribution in [0.5, 0.6) is 0 Å². The van der Waals surface area contributed by atoms with Gasteiger partial charge in [-0.2, -0.15) is 0 Å². The fourth-order valence-electron chi connectivity index (χ4n) is 1.39. The van der Waals surface area contributed by atoms with Crippen molar-refractivity contribution in [1.82, 2.24) is 20.3 Å². The first kappa shape index (κ1) is 11.6. The number of nitrogens with one attached hydrogen (secondary N) is 1. The maximum absolute atomic E-state index is 5.85. The average molecular weight is 257 g/mol. The molecule has 0 aromatic carbocycles. The first-order valence-corrected chi connectivity index (χ1v) is 6.23. The minimum absolute atomic E-state index is 0.757. The molecule has 0 saturated heterocycles. The first-order chi connectivity index (χ1) is 7.74. The summed E-state index contributed by atoms with van der Waals surface area (Å²) in [5.41, 5.74) is 0.965. The number of aryl methyl sites for hydroxylation is 1. The largest absolute Gasteiger partial charge is 0.311 e. The van der Waals surface area contributed by atoms with Crippen molar-refractivity contribution in [3.8, 4) is 0 Å². The van der Waals surface area contributed by atoms with Gasteiger partial charge in [0.2, 0.25) is 0 Å². The fraction of sp³-hybridized carbons (Fsp3) is 0.400. The van der Waals surface area contributed by atoms with Crippen LogP contribution in [0.1, 0.15) is 10.6 Å². The number of aromatic nitrogens is 3. The lowest BCUT2D eigenvalue weighted by Crippen LogP contribution is -2.16. The lowest BCUT2D eigenvalue weighted by molar-refractivity contribution is 0.673. The van der Waals surface area contributed by atoms with E-state index in [2.05, 4.69) is 21.7 Å². The van der Waals surface area contributed by atoms with Gasteiger partial charge >= 0.3 is 0 Å². The summed E-state index contributed by atoms with van der Waals surface area (Å²) in [7, 11) is 1.87. The molecule has 2 aromatic heterocycles. The van der Waals surface area contributed by atoms with E-state index in [1.54, 1.807) is 16.0 Å². The lowest BCUT2D eigenvalue weighted by atomic mass is 10.3. The molecular formula is C10H13ClN4S. The van der Waals surface area contributed by atoms with Gasteiger partial charge in [-0.15, -0.1) is 16.4 Å². The molecular weight excluding hydrogens is 244 g/mol. The number of hydrogen-bond donors (Lipinski definition) is 1. The molecule has 0 aliphatic heterocycles. The highest BCUT2D eigenvalue weighted by atomic mass is 35.5. The van der Waals surface area contributed by atoms with E-state index < -0.39 is 0 Å². The van der Waals surface area contributed by atoms with Crippen molar-refractivity contribution >= 4 is 22.9 Å². The van der Waals surface area contributed by atoms with Crippen molar-refractivity contribution < 1.29 is 0 Å². The smallest absolute Gasteiger partial charge is 0.0964 e. The molecule has 0 aliphatic carbocycles. The van der Waals surface area contributed by atoms with Crippen LogP contribution in [0.4, 0.5) is 0 Å². The van der Waals surface area contributed by atoms with E-state index in [9.17, 15) is 0 Å². The molecule has 0 saturated carbocycles. The Morgan fingerprint density at radius 3 is 3.00 bits per heavy atom. The summed E-state index contributed by atoms with van der Waals surface area (Å²) in [4.78, 5) is 1.30. The summed E-state index contributed by atoms with van der Waals surface area (Å²) in [5.74, 6) is 0. The zero-order chi connectivity index (χ0) is 11.4. The van der Waals surface area contributed by atoms with Crippen LogP contribution < -0.4 is 5.32 Å². The second-order valence-electron chi connectivity index (χ2n) is 3.52. The number of halogens is 1. The molecule has 16 heavy (non-hydrogen) atoms. The standard InChI is InChI=1S/C10H13ClN4S/c1-15-7-8(13-14-15)6-12-5-4-9-2-3-10(11)16-9/h2-3,7,12H,4-6H2,1H3. The minimum atomic E-state index is 0.757. The molecule has 2 aromatic rings. The number of nitrogens with zero attached hydrogens (tertiary/aromatic N) is 3. The second-order valence-corrected chi connectivity index (χ2v) is 5.32. The van der Waals surface area contributed by atoms with E-state index in [1.807, 2.05) is 19.3 Å². The Hall–Kier alpha value is -0.910. The van der Waals surface area contributed by atoms with Gasteiger partial charge in [-0.25, -0.2) is 0 Å². The third-order valence-corrected chi connectivity index (χ3v) is 3.42. The Kier molecular flexibility index (Phi) is 3.93. The summed E-state index contributed by atoms with van der Waals surface area (Å²) in [6.45, 7) is 1.68. The SMILES string of the molecule is Cn1cc(CNCCc2ccc(Cl)s2)nn1. The molecule has 0 atom stereocenters. The van der Waals surface area contributed by atoms with Crippen molar-refractivity contribution in [2.75, 3.05) is 6.54 Å². The Morgan fingerprint density at radius 1 is 1.50 bits per heavy atom. The molecule has 0 aliphatic rings. The van der Waals surface area contributed by atoms with Crippen molar-refractivity contribution in [2.45, 2.75) is 13.0 Å². The molecule has 1 N–H and O–H groups in total. The first-order valence-electron chi connectivity index (χ1n) is 5.04. The second kappa shape index (κ2) is 5.43. The van der Waals surface area contributed by atoms with Gasteiger partial charge in [0, 0.05) is 31.2 Å².